The number of aromatic nitrogens is 4. The van der Waals surface area contributed by atoms with Crippen LogP contribution in [0.2, 0.25) is 0 Å². The Morgan fingerprint density at radius 1 is 1.29 bits per heavy atom. The normalized spacial score (nSPS) is 11.5. The molecule has 14 heavy (non-hydrogen) atoms. The molecular weight excluding hydrogens is 200 g/mol. The third-order valence-corrected chi connectivity index (χ3v) is 2.74. The number of benzene rings is 1. The van der Waals surface area contributed by atoms with Crippen molar-refractivity contribution in [3.63, 3.8) is 0 Å². The number of aryl methyl sites for hydroxylation is 1. The molecule has 2 aromatic heterocycles. The van der Waals surface area contributed by atoms with E-state index in [9.17, 15) is 4.79 Å². The van der Waals surface area contributed by atoms with E-state index in [1.54, 1.807) is 0 Å². The van der Waals surface area contributed by atoms with Crippen LogP contribution in [0.1, 0.15) is 5.56 Å². The maximum Gasteiger partial charge on any atom is 0.323 e. The molecule has 0 atom stereocenters. The van der Waals surface area contributed by atoms with Gasteiger partial charge in [-0.05, 0) is 18.6 Å². The van der Waals surface area contributed by atoms with Crippen molar-refractivity contribution in [2.75, 3.05) is 0 Å². The van der Waals surface area contributed by atoms with Crippen LogP contribution in [0.5, 0.6) is 0 Å². The van der Waals surface area contributed by atoms with Gasteiger partial charge in [0, 0.05) is 0 Å². The number of H-pyrrole nitrogens is 2. The second-order valence-corrected chi connectivity index (χ2v) is 3.69. The second kappa shape index (κ2) is 2.42. The van der Waals surface area contributed by atoms with Gasteiger partial charge in [0.1, 0.15) is 11.0 Å². The highest BCUT2D eigenvalue weighted by atomic mass is 32.1. The van der Waals surface area contributed by atoms with Gasteiger partial charge in [0.2, 0.25) is 0 Å². The number of nitrogens with one attached hydrogen (secondary N) is 2. The van der Waals surface area contributed by atoms with Gasteiger partial charge in [-0.3, -0.25) is 0 Å². The Labute approximate surface area is 82.1 Å². The van der Waals surface area contributed by atoms with Crippen molar-refractivity contribution in [3.05, 3.63) is 22.1 Å². The van der Waals surface area contributed by atoms with Crippen LogP contribution in [-0.4, -0.2) is 18.7 Å². The highest BCUT2D eigenvalue weighted by Crippen LogP contribution is 2.23. The van der Waals surface area contributed by atoms with Crippen molar-refractivity contribution < 1.29 is 0 Å². The minimum atomic E-state index is -0.208. The number of fused-ring (bicyclic) bond motifs is 3. The quantitative estimate of drug-likeness (QED) is 0.579. The van der Waals surface area contributed by atoms with E-state index in [1.807, 2.05) is 13.0 Å². The maximum absolute atomic E-state index is 11.1. The summed E-state index contributed by atoms with van der Waals surface area (Å²) >= 11 is 1.16. The topological polar surface area (TPSA) is 74.4 Å². The predicted molar refractivity (Wildman–Crippen MR) is 54.6 cm³/mol. The van der Waals surface area contributed by atoms with Gasteiger partial charge >= 0.3 is 5.69 Å². The van der Waals surface area contributed by atoms with Crippen molar-refractivity contribution in [1.29, 1.82) is 0 Å². The summed E-state index contributed by atoms with van der Waals surface area (Å²) in [6.07, 6.45) is 0. The molecule has 5 nitrogen and oxygen atoms in total. The summed E-state index contributed by atoms with van der Waals surface area (Å²) < 4.78 is 8.33. The number of hydrogen-bond donors (Lipinski definition) is 2. The first kappa shape index (κ1) is 7.69. The lowest BCUT2D eigenvalue weighted by Gasteiger charge is -1.93. The highest BCUT2D eigenvalue weighted by molar-refractivity contribution is 7.00. The fourth-order valence-corrected chi connectivity index (χ4v) is 2.20. The van der Waals surface area contributed by atoms with Crippen LogP contribution in [0.25, 0.3) is 22.1 Å². The lowest BCUT2D eigenvalue weighted by molar-refractivity contribution is 1.22. The first-order valence-electron chi connectivity index (χ1n) is 4.09. The van der Waals surface area contributed by atoms with Crippen LogP contribution in [0.3, 0.4) is 0 Å². The summed E-state index contributed by atoms with van der Waals surface area (Å²) in [5, 5.41) is 0. The summed E-state index contributed by atoms with van der Waals surface area (Å²) in [5.74, 6) is 0. The summed E-state index contributed by atoms with van der Waals surface area (Å²) in [5.41, 5.74) is 3.97. The van der Waals surface area contributed by atoms with Crippen molar-refractivity contribution in [3.8, 4) is 0 Å². The summed E-state index contributed by atoms with van der Waals surface area (Å²) in [4.78, 5) is 16.5. The summed E-state index contributed by atoms with van der Waals surface area (Å²) in [6, 6.07) is 1.90. The molecule has 0 unspecified atom stereocenters. The molecule has 3 rings (SSSR count). The molecule has 0 spiro atoms. The molecule has 2 heterocycles. The zero-order valence-corrected chi connectivity index (χ0v) is 8.10. The van der Waals surface area contributed by atoms with Crippen LogP contribution >= 0.6 is 11.7 Å². The van der Waals surface area contributed by atoms with E-state index in [1.165, 1.54) is 0 Å². The number of hydrogen-bond acceptors (Lipinski definition) is 4. The molecule has 0 amide bonds. The third-order valence-electron chi connectivity index (χ3n) is 2.22. The van der Waals surface area contributed by atoms with E-state index in [-0.39, 0.29) is 5.69 Å². The Balaban J connectivity index is 2.71. The molecule has 0 saturated heterocycles. The summed E-state index contributed by atoms with van der Waals surface area (Å²) in [7, 11) is 0. The van der Waals surface area contributed by atoms with Crippen LogP contribution in [0, 0.1) is 6.92 Å². The van der Waals surface area contributed by atoms with Crippen molar-refractivity contribution >= 4 is 33.8 Å². The van der Waals surface area contributed by atoms with Crippen LogP contribution < -0.4 is 5.69 Å². The Morgan fingerprint density at radius 3 is 2.93 bits per heavy atom. The minimum absolute atomic E-state index is 0.208. The lowest BCUT2D eigenvalue weighted by Crippen LogP contribution is -1.99. The predicted octanol–water partition coefficient (Wildman–Crippen LogP) is 1.17. The van der Waals surface area contributed by atoms with Gasteiger partial charge in [0.05, 0.1) is 22.8 Å². The minimum Gasteiger partial charge on any atom is -0.306 e. The molecule has 0 aliphatic heterocycles. The molecule has 0 saturated carbocycles. The smallest absolute Gasteiger partial charge is 0.306 e. The molecule has 0 aliphatic carbocycles. The summed E-state index contributed by atoms with van der Waals surface area (Å²) in [6.45, 7) is 1.95. The first-order chi connectivity index (χ1) is 6.75. The Morgan fingerprint density at radius 2 is 2.07 bits per heavy atom. The molecule has 1 aromatic carbocycles. The molecule has 0 radical (unpaired) electrons. The van der Waals surface area contributed by atoms with E-state index in [0.717, 1.165) is 39.4 Å². The monoisotopic (exact) mass is 206 g/mol. The molecule has 3 aromatic rings. The fraction of sp³-hybridized carbons (Fsp3) is 0.125. The maximum atomic E-state index is 11.1. The molecule has 70 valence electrons. The SMILES string of the molecule is Cc1cc2[nH]c(=O)[nH]c2c2nsnc12. The van der Waals surface area contributed by atoms with Crippen molar-refractivity contribution in [2.24, 2.45) is 0 Å². The largest absolute Gasteiger partial charge is 0.323 e. The Bertz CT molecular complexity index is 677. The second-order valence-electron chi connectivity index (χ2n) is 3.16. The average Bonchev–Trinajstić information content (AvgIpc) is 2.69. The molecule has 0 aliphatic rings. The number of rotatable bonds is 0. The number of nitrogens with zero attached hydrogens (tertiary/aromatic N) is 2. The number of aromatic amines is 2. The fourth-order valence-electron chi connectivity index (χ4n) is 1.59. The Hall–Kier alpha value is -1.69. The van der Waals surface area contributed by atoms with Crippen LogP contribution in [0.15, 0.2) is 10.9 Å². The lowest BCUT2D eigenvalue weighted by atomic mass is 10.2. The van der Waals surface area contributed by atoms with Gasteiger partial charge in [-0.15, -0.1) is 0 Å². The van der Waals surface area contributed by atoms with E-state index < -0.39 is 0 Å². The van der Waals surface area contributed by atoms with Crippen molar-refractivity contribution in [1.82, 2.24) is 18.7 Å². The number of imidazole rings is 1. The molecule has 0 fully saturated rings. The Kier molecular flexibility index (Phi) is 1.33. The third kappa shape index (κ3) is 0.856. The molecular formula is C8H6N4OS. The highest BCUT2D eigenvalue weighted by Gasteiger charge is 2.09. The standard InChI is InChI=1S/C8H6N4OS/c1-3-2-4-6(10-8(13)9-4)7-5(3)11-14-12-7/h2H,1H3,(H2,9,10,13). The average molecular weight is 206 g/mol. The van der Waals surface area contributed by atoms with E-state index >= 15 is 0 Å². The molecule has 6 heteroatoms. The van der Waals surface area contributed by atoms with E-state index in [0.29, 0.717) is 0 Å². The van der Waals surface area contributed by atoms with Gasteiger partial charge in [0.15, 0.2) is 0 Å². The van der Waals surface area contributed by atoms with Gasteiger partial charge < -0.3 is 9.97 Å². The van der Waals surface area contributed by atoms with Gasteiger partial charge in [-0.2, -0.15) is 8.75 Å². The van der Waals surface area contributed by atoms with Crippen LogP contribution in [-0.2, 0) is 0 Å². The van der Waals surface area contributed by atoms with Gasteiger partial charge in [-0.1, -0.05) is 0 Å². The zero-order chi connectivity index (χ0) is 9.71. The van der Waals surface area contributed by atoms with E-state index in [2.05, 4.69) is 18.7 Å². The van der Waals surface area contributed by atoms with E-state index in [4.69, 9.17) is 0 Å². The van der Waals surface area contributed by atoms with Crippen molar-refractivity contribution in [2.45, 2.75) is 6.92 Å². The van der Waals surface area contributed by atoms with Gasteiger partial charge in [0.25, 0.3) is 0 Å². The molecule has 2 N–H and O–H groups in total. The molecule has 0 bridgehead atoms. The van der Waals surface area contributed by atoms with Crippen LogP contribution in [0.4, 0.5) is 0 Å². The van der Waals surface area contributed by atoms with Gasteiger partial charge in [-0.25, -0.2) is 4.79 Å². The first-order valence-corrected chi connectivity index (χ1v) is 4.82. The zero-order valence-electron chi connectivity index (χ0n) is 7.29.